The summed E-state index contributed by atoms with van der Waals surface area (Å²) in [5.41, 5.74) is 7.98. The van der Waals surface area contributed by atoms with Crippen LogP contribution in [-0.4, -0.2) is 34.5 Å². The molecule has 0 radical (unpaired) electrons. The van der Waals surface area contributed by atoms with Gasteiger partial charge in [0.2, 0.25) is 0 Å². The molecule has 0 aliphatic carbocycles. The minimum Gasteiger partial charge on any atom is -0.464 e. The van der Waals surface area contributed by atoms with E-state index in [-0.39, 0.29) is 29.9 Å². The zero-order valence-corrected chi connectivity index (χ0v) is 19.9. The molecule has 0 spiro atoms. The van der Waals surface area contributed by atoms with Crippen LogP contribution in [-0.2, 0) is 16.0 Å². The molecular weight excluding hydrogens is 475 g/mol. The number of carbonyl (C=O) groups is 2. The molecule has 1 aliphatic heterocycles. The Morgan fingerprint density at radius 3 is 2.35 bits per heavy atom. The van der Waals surface area contributed by atoms with Crippen LogP contribution in [0.4, 0.5) is 15.9 Å². The number of primary amides is 1. The SMILES string of the molecule is CCOC(=O)C1Cc2ccccc2N1c1cc(C(N)=O)nc(-c2ccc(Oc3ccc(F)cc3)cc2)n1. The van der Waals surface area contributed by atoms with E-state index >= 15 is 0 Å². The molecular formula is C28H23FN4O4. The number of para-hydroxylation sites is 1. The van der Waals surface area contributed by atoms with Crippen LogP contribution in [0, 0.1) is 5.82 Å². The van der Waals surface area contributed by atoms with Crippen LogP contribution in [0.3, 0.4) is 0 Å². The number of carbonyl (C=O) groups excluding carboxylic acids is 2. The molecule has 1 aliphatic rings. The third kappa shape index (κ3) is 4.97. The van der Waals surface area contributed by atoms with E-state index in [0.29, 0.717) is 29.3 Å². The van der Waals surface area contributed by atoms with Crippen LogP contribution in [0.1, 0.15) is 23.0 Å². The third-order valence-electron chi connectivity index (χ3n) is 5.91. The first-order valence-electron chi connectivity index (χ1n) is 11.7. The maximum Gasteiger partial charge on any atom is 0.329 e. The number of hydrogen-bond acceptors (Lipinski definition) is 7. The summed E-state index contributed by atoms with van der Waals surface area (Å²) in [5.74, 6) is 0.164. The quantitative estimate of drug-likeness (QED) is 0.365. The van der Waals surface area contributed by atoms with Gasteiger partial charge in [0.25, 0.3) is 5.91 Å². The molecule has 1 amide bonds. The summed E-state index contributed by atoms with van der Waals surface area (Å²) in [7, 11) is 0. The highest BCUT2D eigenvalue weighted by atomic mass is 19.1. The number of fused-ring (bicyclic) bond motifs is 1. The molecule has 186 valence electrons. The zero-order valence-electron chi connectivity index (χ0n) is 19.9. The van der Waals surface area contributed by atoms with Crippen molar-refractivity contribution in [2.24, 2.45) is 5.73 Å². The first-order chi connectivity index (χ1) is 17.9. The number of halogens is 1. The van der Waals surface area contributed by atoms with E-state index in [2.05, 4.69) is 4.98 Å². The Hall–Kier alpha value is -4.79. The van der Waals surface area contributed by atoms with Crippen molar-refractivity contribution in [1.29, 1.82) is 0 Å². The predicted octanol–water partition coefficient (Wildman–Crippen LogP) is 4.80. The molecule has 1 atom stereocenters. The number of nitrogens with two attached hydrogens (primary N) is 1. The minimum atomic E-state index is -0.721. The molecule has 37 heavy (non-hydrogen) atoms. The molecule has 1 unspecified atom stereocenters. The molecule has 3 aromatic carbocycles. The first-order valence-corrected chi connectivity index (χ1v) is 11.7. The molecule has 0 fully saturated rings. The van der Waals surface area contributed by atoms with Crippen LogP contribution in [0.25, 0.3) is 11.4 Å². The number of benzene rings is 3. The fourth-order valence-corrected chi connectivity index (χ4v) is 4.22. The van der Waals surface area contributed by atoms with E-state index in [4.69, 9.17) is 20.2 Å². The highest BCUT2D eigenvalue weighted by Gasteiger charge is 2.37. The Morgan fingerprint density at radius 1 is 1.00 bits per heavy atom. The van der Waals surface area contributed by atoms with E-state index < -0.39 is 11.9 Å². The Bertz CT molecular complexity index is 1460. The van der Waals surface area contributed by atoms with Crippen molar-refractivity contribution in [3.05, 3.63) is 95.9 Å². The number of aromatic nitrogens is 2. The van der Waals surface area contributed by atoms with Crippen LogP contribution < -0.4 is 15.4 Å². The summed E-state index contributed by atoms with van der Waals surface area (Å²) in [6, 6.07) is 21.0. The van der Waals surface area contributed by atoms with Gasteiger partial charge in [-0.25, -0.2) is 19.2 Å². The van der Waals surface area contributed by atoms with Crippen LogP contribution in [0.2, 0.25) is 0 Å². The lowest BCUT2D eigenvalue weighted by Gasteiger charge is -2.25. The smallest absolute Gasteiger partial charge is 0.329 e. The van der Waals surface area contributed by atoms with Gasteiger partial charge in [-0.1, -0.05) is 18.2 Å². The van der Waals surface area contributed by atoms with Gasteiger partial charge in [0.15, 0.2) is 5.82 Å². The monoisotopic (exact) mass is 498 g/mol. The molecule has 5 rings (SSSR count). The number of ether oxygens (including phenoxy) is 2. The summed E-state index contributed by atoms with van der Waals surface area (Å²) >= 11 is 0. The minimum absolute atomic E-state index is 0.0126. The third-order valence-corrected chi connectivity index (χ3v) is 5.91. The van der Waals surface area contributed by atoms with Gasteiger partial charge >= 0.3 is 5.97 Å². The molecule has 2 heterocycles. The van der Waals surface area contributed by atoms with E-state index in [1.807, 2.05) is 24.3 Å². The highest BCUT2D eigenvalue weighted by molar-refractivity contribution is 5.93. The maximum absolute atomic E-state index is 13.2. The number of amides is 1. The van der Waals surface area contributed by atoms with Gasteiger partial charge in [0.05, 0.1) is 6.61 Å². The fraction of sp³-hybridized carbons (Fsp3) is 0.143. The second-order valence-corrected chi connectivity index (χ2v) is 8.35. The lowest BCUT2D eigenvalue weighted by molar-refractivity contribution is -0.144. The molecule has 4 aromatic rings. The number of esters is 1. The van der Waals surface area contributed by atoms with Crippen molar-refractivity contribution in [3.8, 4) is 22.9 Å². The zero-order chi connectivity index (χ0) is 25.9. The average molecular weight is 499 g/mol. The van der Waals surface area contributed by atoms with E-state index in [1.165, 1.54) is 30.3 Å². The highest BCUT2D eigenvalue weighted by Crippen LogP contribution is 2.38. The van der Waals surface area contributed by atoms with E-state index in [0.717, 1.165) is 11.3 Å². The van der Waals surface area contributed by atoms with Crippen LogP contribution in [0.15, 0.2) is 78.9 Å². The number of nitrogens with zero attached hydrogens (tertiary/aromatic N) is 3. The van der Waals surface area contributed by atoms with Crippen molar-refractivity contribution in [2.75, 3.05) is 11.5 Å². The van der Waals surface area contributed by atoms with Gasteiger partial charge in [-0.3, -0.25) is 4.79 Å². The van der Waals surface area contributed by atoms with Crippen molar-refractivity contribution >= 4 is 23.4 Å². The van der Waals surface area contributed by atoms with Gasteiger partial charge in [-0.05, 0) is 67.1 Å². The van der Waals surface area contributed by atoms with Gasteiger partial charge in [-0.15, -0.1) is 0 Å². The normalized spacial score (nSPS) is 14.2. The van der Waals surface area contributed by atoms with Crippen molar-refractivity contribution in [1.82, 2.24) is 9.97 Å². The lowest BCUT2D eigenvalue weighted by atomic mass is 10.1. The Kier molecular flexibility index (Phi) is 6.51. The average Bonchev–Trinajstić information content (AvgIpc) is 3.30. The standard InChI is InChI=1S/C28H23FN4O4/c1-2-36-28(35)24-15-18-5-3-4-6-23(18)33(24)25-16-22(26(30)34)31-27(32-25)17-7-11-20(12-8-17)37-21-13-9-19(29)10-14-21/h3-14,16,24H,2,15H2,1H3,(H2,30,34). The number of hydrogen-bond donors (Lipinski definition) is 1. The van der Waals surface area contributed by atoms with Crippen LogP contribution in [0.5, 0.6) is 11.5 Å². The van der Waals surface area contributed by atoms with Crippen molar-refractivity contribution in [3.63, 3.8) is 0 Å². The molecule has 0 saturated heterocycles. The maximum atomic E-state index is 13.2. The summed E-state index contributed by atoms with van der Waals surface area (Å²) in [6.07, 6.45) is 0.440. The molecule has 9 heteroatoms. The molecule has 1 aromatic heterocycles. The van der Waals surface area contributed by atoms with E-state index in [9.17, 15) is 14.0 Å². The summed E-state index contributed by atoms with van der Waals surface area (Å²) in [5, 5.41) is 0. The Labute approximate surface area is 212 Å². The molecule has 2 N–H and O–H groups in total. The Morgan fingerprint density at radius 2 is 1.68 bits per heavy atom. The second-order valence-electron chi connectivity index (χ2n) is 8.35. The molecule has 0 saturated carbocycles. The second kappa shape index (κ2) is 10.1. The van der Waals surface area contributed by atoms with Crippen LogP contribution >= 0.6 is 0 Å². The number of rotatable bonds is 7. The predicted molar refractivity (Wildman–Crippen MR) is 135 cm³/mol. The van der Waals surface area contributed by atoms with Gasteiger partial charge in [0, 0.05) is 23.7 Å². The van der Waals surface area contributed by atoms with Crippen molar-refractivity contribution < 1.29 is 23.5 Å². The van der Waals surface area contributed by atoms with Gasteiger partial charge in [0.1, 0.15) is 34.9 Å². The van der Waals surface area contributed by atoms with Gasteiger partial charge < -0.3 is 20.1 Å². The fourth-order valence-electron chi connectivity index (χ4n) is 4.22. The lowest BCUT2D eigenvalue weighted by Crippen LogP contribution is -2.37. The Balaban J connectivity index is 1.52. The van der Waals surface area contributed by atoms with Gasteiger partial charge in [-0.2, -0.15) is 0 Å². The first kappa shape index (κ1) is 23.9. The molecule has 0 bridgehead atoms. The molecule has 8 nitrogen and oxygen atoms in total. The topological polar surface area (TPSA) is 108 Å². The summed E-state index contributed by atoms with van der Waals surface area (Å²) < 4.78 is 24.2. The largest absolute Gasteiger partial charge is 0.464 e. The summed E-state index contributed by atoms with van der Waals surface area (Å²) in [6.45, 7) is 2.00. The summed E-state index contributed by atoms with van der Waals surface area (Å²) in [4.78, 5) is 35.8. The van der Waals surface area contributed by atoms with E-state index in [1.54, 1.807) is 36.1 Å². The van der Waals surface area contributed by atoms with Crippen molar-refractivity contribution in [2.45, 2.75) is 19.4 Å². The number of anilines is 2.